The van der Waals surface area contributed by atoms with Crippen LogP contribution >= 0.6 is 0 Å². The van der Waals surface area contributed by atoms with Crippen molar-refractivity contribution in [2.75, 3.05) is 0 Å². The summed E-state index contributed by atoms with van der Waals surface area (Å²) in [4.78, 5) is 13.0. The van der Waals surface area contributed by atoms with Crippen molar-refractivity contribution in [3.63, 3.8) is 0 Å². The smallest absolute Gasteiger partial charge is 0.328 e. The van der Waals surface area contributed by atoms with Gasteiger partial charge in [-0.3, -0.25) is 4.90 Å². The number of rotatable bonds is 7. The average molecular weight is 295 g/mol. The summed E-state index contributed by atoms with van der Waals surface area (Å²) < 4.78 is 0. The lowest BCUT2D eigenvalue weighted by molar-refractivity contribution is -0.131. The fraction of sp³-hybridized carbons (Fsp3) is 0.211. The molecule has 1 unspecified atom stereocenters. The third kappa shape index (κ3) is 5.19. The highest BCUT2D eigenvalue weighted by Crippen LogP contribution is 2.14. The molecule has 2 rings (SSSR count). The predicted octanol–water partition coefficient (Wildman–Crippen LogP) is 3.72. The average Bonchev–Trinajstić information content (AvgIpc) is 2.54. The van der Waals surface area contributed by atoms with Crippen LogP contribution in [-0.2, 0) is 17.9 Å². The Bertz CT molecular complexity index is 566. The number of benzene rings is 2. The third-order valence-corrected chi connectivity index (χ3v) is 3.55. The van der Waals surface area contributed by atoms with Crippen LogP contribution in [-0.4, -0.2) is 22.0 Å². The number of hydrogen-bond acceptors (Lipinski definition) is 2. The van der Waals surface area contributed by atoms with Crippen molar-refractivity contribution >= 4 is 5.97 Å². The molecule has 0 saturated heterocycles. The molecule has 2 aromatic carbocycles. The quantitative estimate of drug-likeness (QED) is 0.791. The van der Waals surface area contributed by atoms with Crippen LogP contribution in [0.15, 0.2) is 72.8 Å². The van der Waals surface area contributed by atoms with Gasteiger partial charge >= 0.3 is 5.97 Å². The van der Waals surface area contributed by atoms with Gasteiger partial charge in [0.1, 0.15) is 0 Å². The highest BCUT2D eigenvalue weighted by Gasteiger charge is 2.13. The largest absolute Gasteiger partial charge is 0.478 e. The molecule has 22 heavy (non-hydrogen) atoms. The molecule has 2 aromatic rings. The van der Waals surface area contributed by atoms with E-state index in [-0.39, 0.29) is 6.04 Å². The molecule has 0 spiro atoms. The fourth-order valence-electron chi connectivity index (χ4n) is 2.32. The number of carboxylic acid groups (broad SMARTS) is 1. The maximum absolute atomic E-state index is 10.7. The van der Waals surface area contributed by atoms with Crippen LogP contribution in [0.25, 0.3) is 0 Å². The van der Waals surface area contributed by atoms with E-state index in [4.69, 9.17) is 5.11 Å². The van der Waals surface area contributed by atoms with E-state index < -0.39 is 5.97 Å². The molecule has 0 aliphatic heterocycles. The van der Waals surface area contributed by atoms with Crippen molar-refractivity contribution in [3.05, 3.63) is 83.9 Å². The Hall–Kier alpha value is -2.39. The molecule has 3 nitrogen and oxygen atoms in total. The summed E-state index contributed by atoms with van der Waals surface area (Å²) in [5.41, 5.74) is 2.43. The zero-order chi connectivity index (χ0) is 15.8. The molecule has 0 saturated carbocycles. The highest BCUT2D eigenvalue weighted by atomic mass is 16.4. The van der Waals surface area contributed by atoms with E-state index in [0.717, 1.165) is 13.1 Å². The van der Waals surface area contributed by atoms with Gasteiger partial charge in [-0.05, 0) is 18.1 Å². The molecule has 3 heteroatoms. The normalized spacial score (nSPS) is 12.6. The molecule has 0 fully saturated rings. The van der Waals surface area contributed by atoms with Gasteiger partial charge in [0.15, 0.2) is 0 Å². The molecule has 0 heterocycles. The van der Waals surface area contributed by atoms with Gasteiger partial charge in [-0.1, -0.05) is 66.7 Å². The summed E-state index contributed by atoms with van der Waals surface area (Å²) in [6.07, 6.45) is 2.95. The highest BCUT2D eigenvalue weighted by molar-refractivity contribution is 5.79. The van der Waals surface area contributed by atoms with E-state index in [0.29, 0.717) is 0 Å². The van der Waals surface area contributed by atoms with Gasteiger partial charge < -0.3 is 5.11 Å². The van der Waals surface area contributed by atoms with Crippen molar-refractivity contribution in [3.8, 4) is 0 Å². The topological polar surface area (TPSA) is 40.5 Å². The number of hydrogen-bond donors (Lipinski definition) is 1. The summed E-state index contributed by atoms with van der Waals surface area (Å²) in [6, 6.07) is 20.5. The van der Waals surface area contributed by atoms with Gasteiger partial charge in [-0.15, -0.1) is 0 Å². The lowest BCUT2D eigenvalue weighted by Gasteiger charge is -2.27. The van der Waals surface area contributed by atoms with E-state index in [2.05, 4.69) is 29.2 Å². The first-order valence-corrected chi connectivity index (χ1v) is 7.38. The summed E-state index contributed by atoms with van der Waals surface area (Å²) in [5.74, 6) is -0.911. The lowest BCUT2D eigenvalue weighted by Crippen LogP contribution is -2.30. The standard InChI is InChI=1S/C19H21NO2/c1-16(12-13-19(21)22)20(14-17-8-4-2-5-9-17)15-18-10-6-3-7-11-18/h2-13,16H,14-15H2,1H3,(H,21,22)/b13-12+. The molecule has 0 aliphatic rings. The Balaban J connectivity index is 2.14. The minimum absolute atomic E-state index is 0.0384. The molecular weight excluding hydrogens is 274 g/mol. The fourth-order valence-corrected chi connectivity index (χ4v) is 2.32. The number of carbonyl (C=O) groups is 1. The second-order valence-corrected chi connectivity index (χ2v) is 5.31. The molecule has 1 atom stereocenters. The monoisotopic (exact) mass is 295 g/mol. The molecule has 114 valence electrons. The van der Waals surface area contributed by atoms with E-state index in [1.54, 1.807) is 6.08 Å². The van der Waals surface area contributed by atoms with Crippen LogP contribution in [0.3, 0.4) is 0 Å². The third-order valence-electron chi connectivity index (χ3n) is 3.55. The van der Waals surface area contributed by atoms with Crippen LogP contribution in [0.2, 0.25) is 0 Å². The van der Waals surface area contributed by atoms with Gasteiger partial charge in [0.2, 0.25) is 0 Å². The molecule has 0 aliphatic carbocycles. The lowest BCUT2D eigenvalue weighted by atomic mass is 10.1. The zero-order valence-corrected chi connectivity index (χ0v) is 12.7. The first-order valence-electron chi connectivity index (χ1n) is 7.38. The zero-order valence-electron chi connectivity index (χ0n) is 12.7. The van der Waals surface area contributed by atoms with Crippen molar-refractivity contribution in [1.29, 1.82) is 0 Å². The minimum atomic E-state index is -0.911. The summed E-state index contributed by atoms with van der Waals surface area (Å²) in [6.45, 7) is 3.58. The summed E-state index contributed by atoms with van der Waals surface area (Å²) in [7, 11) is 0. The van der Waals surface area contributed by atoms with E-state index in [9.17, 15) is 4.79 Å². The van der Waals surface area contributed by atoms with Crippen LogP contribution in [0.5, 0.6) is 0 Å². The van der Waals surface area contributed by atoms with Crippen molar-refractivity contribution in [2.45, 2.75) is 26.1 Å². The molecule has 1 N–H and O–H groups in total. The maximum atomic E-state index is 10.7. The second kappa shape index (κ2) is 8.15. The minimum Gasteiger partial charge on any atom is -0.478 e. The van der Waals surface area contributed by atoms with Gasteiger partial charge in [-0.2, -0.15) is 0 Å². The molecular formula is C19H21NO2. The molecule has 0 amide bonds. The van der Waals surface area contributed by atoms with E-state index in [1.165, 1.54) is 17.2 Å². The molecule has 0 radical (unpaired) electrons. The molecule has 0 bridgehead atoms. The van der Waals surface area contributed by atoms with Gasteiger partial charge in [0.05, 0.1) is 0 Å². The first kappa shape index (κ1) is 16.0. The Morgan fingerprint density at radius 2 is 1.45 bits per heavy atom. The Kier molecular flexibility index (Phi) is 5.92. The van der Waals surface area contributed by atoms with Gasteiger partial charge in [0, 0.05) is 25.2 Å². The Morgan fingerprint density at radius 1 is 1.00 bits per heavy atom. The van der Waals surface area contributed by atoms with Crippen LogP contribution in [0, 0.1) is 0 Å². The first-order chi connectivity index (χ1) is 10.6. The number of aliphatic carboxylic acids is 1. The van der Waals surface area contributed by atoms with Gasteiger partial charge in [-0.25, -0.2) is 4.79 Å². The Labute approximate surface area is 131 Å². The van der Waals surface area contributed by atoms with Crippen molar-refractivity contribution in [2.24, 2.45) is 0 Å². The number of nitrogens with zero attached hydrogens (tertiary/aromatic N) is 1. The van der Waals surface area contributed by atoms with Crippen LogP contribution < -0.4 is 0 Å². The van der Waals surface area contributed by atoms with Crippen LogP contribution in [0.4, 0.5) is 0 Å². The van der Waals surface area contributed by atoms with Gasteiger partial charge in [0.25, 0.3) is 0 Å². The van der Waals surface area contributed by atoms with Crippen LogP contribution in [0.1, 0.15) is 18.1 Å². The molecule has 0 aromatic heterocycles. The Morgan fingerprint density at radius 3 is 1.86 bits per heavy atom. The van der Waals surface area contributed by atoms with E-state index >= 15 is 0 Å². The number of carboxylic acids is 1. The predicted molar refractivity (Wildman–Crippen MR) is 88.4 cm³/mol. The summed E-state index contributed by atoms with van der Waals surface area (Å²) in [5, 5.41) is 8.82. The van der Waals surface area contributed by atoms with Crippen molar-refractivity contribution < 1.29 is 9.90 Å². The SMILES string of the molecule is CC(/C=C/C(=O)O)N(Cc1ccccc1)Cc1ccccc1. The van der Waals surface area contributed by atoms with E-state index in [1.807, 2.05) is 43.3 Å². The maximum Gasteiger partial charge on any atom is 0.328 e. The summed E-state index contributed by atoms with van der Waals surface area (Å²) >= 11 is 0. The van der Waals surface area contributed by atoms with Crippen molar-refractivity contribution in [1.82, 2.24) is 4.90 Å². The second-order valence-electron chi connectivity index (χ2n) is 5.31.